The first-order valence-corrected chi connectivity index (χ1v) is 10.3. The maximum absolute atomic E-state index is 2.44. The molecule has 0 atom stereocenters. The summed E-state index contributed by atoms with van der Waals surface area (Å²) < 4.78 is 0. The van der Waals surface area contributed by atoms with Gasteiger partial charge in [-0.25, -0.2) is 0 Å². The molecule has 0 unspecified atom stereocenters. The van der Waals surface area contributed by atoms with Crippen LogP contribution in [0.2, 0.25) is 0 Å². The van der Waals surface area contributed by atoms with Crippen LogP contribution in [-0.4, -0.2) is 6.66 Å². The van der Waals surface area contributed by atoms with Crippen LogP contribution in [0.4, 0.5) is 0 Å². The fraction of sp³-hybridized carbons (Fsp3) is 0.182. The first-order chi connectivity index (χ1) is 11.0. The number of aryl methyl sites for hydroxylation is 3. The molecule has 0 spiro atoms. The van der Waals surface area contributed by atoms with Crippen molar-refractivity contribution in [2.75, 3.05) is 6.66 Å². The summed E-state index contributed by atoms with van der Waals surface area (Å²) in [7, 11) is -1.59. The van der Waals surface area contributed by atoms with Gasteiger partial charge in [-0.1, -0.05) is 53.1 Å². The standard InChI is InChI=1S/C22H24P/c1-17-5-11-20(12-6-17)23(4,21-13-7-18(2)8-14-21)22-15-9-19(3)10-16-22/h5-16H,1-4H3/q+1/i4-1. The molecular formula is C22H24P+. The second-order valence-electron chi connectivity index (χ2n) is 6.51. The van der Waals surface area contributed by atoms with E-state index in [9.17, 15) is 0 Å². The van der Waals surface area contributed by atoms with Gasteiger partial charge in [0.1, 0.15) is 23.2 Å². The summed E-state index contributed by atoms with van der Waals surface area (Å²) in [6.07, 6.45) is 0. The van der Waals surface area contributed by atoms with Crippen molar-refractivity contribution in [3.8, 4) is 0 Å². The predicted molar refractivity (Wildman–Crippen MR) is 105 cm³/mol. The van der Waals surface area contributed by atoms with Gasteiger partial charge in [-0.2, -0.15) is 0 Å². The van der Waals surface area contributed by atoms with Crippen LogP contribution in [0, 0.1) is 20.8 Å². The van der Waals surface area contributed by atoms with Gasteiger partial charge in [-0.15, -0.1) is 0 Å². The summed E-state index contributed by atoms with van der Waals surface area (Å²) in [6, 6.07) is 27.2. The zero-order valence-electron chi connectivity index (χ0n) is 14.4. The Morgan fingerprint density at radius 2 is 0.652 bits per heavy atom. The summed E-state index contributed by atoms with van der Waals surface area (Å²) in [4.78, 5) is 0. The van der Waals surface area contributed by atoms with E-state index >= 15 is 0 Å². The van der Waals surface area contributed by atoms with Crippen molar-refractivity contribution in [1.29, 1.82) is 0 Å². The van der Waals surface area contributed by atoms with Gasteiger partial charge in [-0.05, 0) is 57.2 Å². The SMILES string of the molecule is Cc1ccc([P+]([11CH3])(c2ccc(C)cc2)c2ccc(C)cc2)cc1. The van der Waals surface area contributed by atoms with E-state index in [1.54, 1.807) is 0 Å². The molecule has 0 heterocycles. The minimum atomic E-state index is -1.59. The summed E-state index contributed by atoms with van der Waals surface area (Å²) >= 11 is 0. The summed E-state index contributed by atoms with van der Waals surface area (Å²) in [5.41, 5.74) is 3.94. The van der Waals surface area contributed by atoms with Crippen LogP contribution in [0.3, 0.4) is 0 Å². The Labute approximate surface area is 140 Å². The van der Waals surface area contributed by atoms with E-state index in [-0.39, 0.29) is 0 Å². The number of benzene rings is 3. The highest BCUT2D eigenvalue weighted by Gasteiger charge is 2.39. The molecule has 0 saturated carbocycles. The average Bonchev–Trinajstić information content (AvgIpc) is 2.56. The Morgan fingerprint density at radius 1 is 0.435 bits per heavy atom. The zero-order chi connectivity index (χ0) is 16.4. The fourth-order valence-corrected chi connectivity index (χ4v) is 6.11. The third-order valence-electron chi connectivity index (χ3n) is 4.65. The Bertz CT molecular complexity index is 670. The van der Waals surface area contributed by atoms with Crippen molar-refractivity contribution < 1.29 is 0 Å². The first-order valence-electron chi connectivity index (χ1n) is 8.08. The number of rotatable bonds is 3. The van der Waals surface area contributed by atoms with Crippen molar-refractivity contribution in [2.24, 2.45) is 0 Å². The van der Waals surface area contributed by atoms with E-state index in [0.717, 1.165) is 0 Å². The Hall–Kier alpha value is -1.91. The number of hydrogen-bond donors (Lipinski definition) is 0. The lowest BCUT2D eigenvalue weighted by atomic mass is 10.2. The van der Waals surface area contributed by atoms with Crippen molar-refractivity contribution in [3.63, 3.8) is 0 Å². The van der Waals surface area contributed by atoms with Crippen molar-refractivity contribution in [3.05, 3.63) is 89.5 Å². The quantitative estimate of drug-likeness (QED) is 0.622. The molecule has 3 rings (SSSR count). The van der Waals surface area contributed by atoms with E-state index < -0.39 is 7.26 Å². The molecule has 0 nitrogen and oxygen atoms in total. The third kappa shape index (κ3) is 3.09. The smallest absolute Gasteiger partial charge is 0.0554 e. The monoisotopic (exact) mass is 318 g/mol. The van der Waals surface area contributed by atoms with Crippen LogP contribution < -0.4 is 15.9 Å². The third-order valence-corrected chi connectivity index (χ3v) is 8.64. The van der Waals surface area contributed by atoms with Gasteiger partial charge in [0.2, 0.25) is 0 Å². The highest BCUT2D eigenvalue weighted by molar-refractivity contribution is 7.95. The minimum Gasteiger partial charge on any atom is -0.0554 e. The minimum absolute atomic E-state index is 1.31. The highest BCUT2D eigenvalue weighted by Crippen LogP contribution is 2.51. The molecule has 116 valence electrons. The lowest BCUT2D eigenvalue weighted by Crippen LogP contribution is -2.30. The molecule has 1 heteroatoms. The molecule has 0 fully saturated rings. The second-order valence-corrected chi connectivity index (χ2v) is 10.1. The lowest BCUT2D eigenvalue weighted by Gasteiger charge is -2.23. The molecule has 0 saturated heterocycles. The average molecular weight is 318 g/mol. The molecule has 0 aliphatic heterocycles. The first kappa shape index (κ1) is 16.0. The highest BCUT2D eigenvalue weighted by atomic mass is 31.2. The van der Waals surface area contributed by atoms with Gasteiger partial charge in [0.25, 0.3) is 0 Å². The van der Waals surface area contributed by atoms with Crippen LogP contribution in [0.5, 0.6) is 0 Å². The van der Waals surface area contributed by atoms with Crippen LogP contribution in [-0.2, 0) is 0 Å². The molecule has 3 aromatic carbocycles. The molecule has 23 heavy (non-hydrogen) atoms. The molecule has 0 aromatic heterocycles. The Morgan fingerprint density at radius 3 is 0.870 bits per heavy atom. The van der Waals surface area contributed by atoms with Gasteiger partial charge in [-0.3, -0.25) is 0 Å². The Balaban J connectivity index is 2.21. The van der Waals surface area contributed by atoms with E-state index in [4.69, 9.17) is 0 Å². The van der Waals surface area contributed by atoms with E-state index in [1.165, 1.54) is 32.6 Å². The largest absolute Gasteiger partial charge is 0.109 e. The Kier molecular flexibility index (Phi) is 4.37. The topological polar surface area (TPSA) is 0 Å². The molecule has 0 radical (unpaired) electrons. The van der Waals surface area contributed by atoms with Gasteiger partial charge in [0.05, 0.1) is 6.66 Å². The van der Waals surface area contributed by atoms with Gasteiger partial charge >= 0.3 is 0 Å². The molecular weight excluding hydrogens is 294 g/mol. The van der Waals surface area contributed by atoms with E-state index in [0.29, 0.717) is 0 Å². The van der Waals surface area contributed by atoms with E-state index in [1.807, 2.05) is 0 Å². The summed E-state index contributed by atoms with van der Waals surface area (Å²) in [5, 5.41) is 4.32. The second kappa shape index (κ2) is 6.30. The van der Waals surface area contributed by atoms with Crippen LogP contribution >= 0.6 is 7.26 Å². The van der Waals surface area contributed by atoms with Gasteiger partial charge in [0.15, 0.2) is 0 Å². The maximum Gasteiger partial charge on any atom is 0.109 e. The predicted octanol–water partition coefficient (Wildman–Crippen LogP) is 4.54. The van der Waals surface area contributed by atoms with Crippen LogP contribution in [0.1, 0.15) is 16.7 Å². The van der Waals surface area contributed by atoms with Crippen molar-refractivity contribution in [2.45, 2.75) is 20.8 Å². The molecule has 0 aliphatic rings. The van der Waals surface area contributed by atoms with E-state index in [2.05, 4.69) is 100 Å². The molecule has 0 bridgehead atoms. The molecule has 0 amide bonds. The lowest BCUT2D eigenvalue weighted by molar-refractivity contribution is 1.48. The van der Waals surface area contributed by atoms with Crippen LogP contribution in [0.25, 0.3) is 0 Å². The summed E-state index contributed by atoms with van der Waals surface area (Å²) in [6.45, 7) is 8.89. The van der Waals surface area contributed by atoms with Gasteiger partial charge in [0, 0.05) is 0 Å². The van der Waals surface area contributed by atoms with Crippen molar-refractivity contribution >= 4 is 23.2 Å². The normalized spacial score (nSPS) is 11.5. The molecule has 3 aromatic rings. The molecule has 0 N–H and O–H groups in total. The number of hydrogen-bond acceptors (Lipinski definition) is 0. The van der Waals surface area contributed by atoms with Crippen LogP contribution in [0.15, 0.2) is 72.8 Å². The molecule has 0 aliphatic carbocycles. The summed E-state index contributed by atoms with van der Waals surface area (Å²) in [5.74, 6) is 0. The van der Waals surface area contributed by atoms with Crippen molar-refractivity contribution in [1.82, 2.24) is 0 Å². The zero-order valence-corrected chi connectivity index (χ0v) is 15.3. The fourth-order valence-electron chi connectivity index (χ4n) is 2.98. The maximum atomic E-state index is 2.44. The van der Waals surface area contributed by atoms with Gasteiger partial charge < -0.3 is 0 Å².